The topological polar surface area (TPSA) is 214 Å². The summed E-state index contributed by atoms with van der Waals surface area (Å²) >= 11 is 17.8. The van der Waals surface area contributed by atoms with Crippen LogP contribution in [0.3, 0.4) is 0 Å². The molecule has 0 atom stereocenters. The molecule has 3 saturated carbocycles. The van der Waals surface area contributed by atoms with Crippen molar-refractivity contribution >= 4 is 87.6 Å². The zero-order valence-electron chi connectivity index (χ0n) is 40.9. The highest BCUT2D eigenvalue weighted by atomic mass is 35.5. The molecule has 5 aliphatic rings. The Labute approximate surface area is 451 Å². The fourth-order valence-electron chi connectivity index (χ4n) is 8.29. The number of amides is 1. The monoisotopic (exact) mass is 1070 g/mol. The number of benzene rings is 6. The molecule has 74 heavy (non-hydrogen) atoms. The Bertz CT molecular complexity index is 3270. The molecular formula is C57H55Cl4N9O4. The second kappa shape index (κ2) is 23.1. The van der Waals surface area contributed by atoms with Crippen molar-refractivity contribution in [3.05, 3.63) is 211 Å². The first-order chi connectivity index (χ1) is 35.0. The van der Waals surface area contributed by atoms with E-state index in [2.05, 4.69) is 44.9 Å². The summed E-state index contributed by atoms with van der Waals surface area (Å²) in [6.07, 6.45) is 6.03. The Morgan fingerprint density at radius 2 is 1.09 bits per heavy atom. The highest BCUT2D eigenvalue weighted by Gasteiger charge is 2.52. The number of aliphatic imine (C=N–C) groups is 2. The molecule has 1 amide bonds. The number of aryl methyl sites for hydroxylation is 1. The minimum absolute atomic E-state index is 0. The fraction of sp³-hybridized carbons (Fsp3) is 0.228. The van der Waals surface area contributed by atoms with Crippen LogP contribution in [0.4, 0.5) is 5.69 Å². The standard InChI is InChI=1S/C19H15ClN4.C18H14ClNO.C13H10ClNO.C5H9NO.C2H6N2O.ClH/c1-12-22-23-18-19(10-11-19)21-17(13-6-8-14(20)9-7-13)15-4-2-3-5-16(15)24(12)18;19-14-7-5-12(6-8-14)17-15-4-2-1-3-13(15)11-16(21)18(20-17)9-10-18;14-10-7-5-9(6-8-10)13(16)11-3-1-2-4-12(11)15;1-4(7)5(6)2-3-5;1-2(5)4-3;/h2-9H,10-11H2,1H3;1-8H,9-11H2;1-8H,15H2;2-3,6H2,1H3;3H2,1H3,(H,4,5);1H. The molecule has 3 aliphatic carbocycles. The van der Waals surface area contributed by atoms with Crippen molar-refractivity contribution in [3.63, 3.8) is 0 Å². The summed E-state index contributed by atoms with van der Waals surface area (Å²) in [4.78, 5) is 54.5. The van der Waals surface area contributed by atoms with E-state index in [-0.39, 0.29) is 46.7 Å². The van der Waals surface area contributed by atoms with Gasteiger partial charge in [-0.3, -0.25) is 39.2 Å². The predicted molar refractivity (Wildman–Crippen MR) is 296 cm³/mol. The number of aromatic nitrogens is 3. The summed E-state index contributed by atoms with van der Waals surface area (Å²) in [5, 5.41) is 10.8. The van der Waals surface area contributed by atoms with E-state index in [9.17, 15) is 19.2 Å². The van der Waals surface area contributed by atoms with Crippen LogP contribution in [0.5, 0.6) is 0 Å². The number of nitrogens with one attached hydrogen (secondary N) is 1. The smallest absolute Gasteiger partial charge is 0.230 e. The van der Waals surface area contributed by atoms with Gasteiger partial charge in [-0.2, -0.15) is 0 Å². The largest absolute Gasteiger partial charge is 0.398 e. The molecular weight excluding hydrogens is 1020 g/mol. The van der Waals surface area contributed by atoms with Gasteiger partial charge in [-0.15, -0.1) is 22.6 Å². The van der Waals surface area contributed by atoms with Crippen LogP contribution in [0.2, 0.25) is 15.1 Å². The molecule has 0 unspecified atom stereocenters. The number of hydrogen-bond donors (Lipinski definition) is 4. The lowest BCUT2D eigenvalue weighted by Gasteiger charge is -2.12. The molecule has 6 aromatic carbocycles. The molecule has 7 aromatic rings. The lowest BCUT2D eigenvalue weighted by Crippen LogP contribution is -2.30. The maximum absolute atomic E-state index is 12.5. The quantitative estimate of drug-likeness (QED) is 0.0424. The van der Waals surface area contributed by atoms with Gasteiger partial charge in [0.1, 0.15) is 22.7 Å². The van der Waals surface area contributed by atoms with Crippen molar-refractivity contribution in [1.29, 1.82) is 0 Å². The molecule has 0 bridgehead atoms. The average Bonchev–Trinajstić information content (AvgIpc) is 4.34. The van der Waals surface area contributed by atoms with E-state index in [1.807, 2.05) is 85.1 Å². The van der Waals surface area contributed by atoms with Gasteiger partial charge in [-0.05, 0) is 125 Å². The average molecular weight is 1070 g/mol. The third-order valence-corrected chi connectivity index (χ3v) is 13.9. The third-order valence-electron chi connectivity index (χ3n) is 13.1. The van der Waals surface area contributed by atoms with E-state index < -0.39 is 5.54 Å². The minimum Gasteiger partial charge on any atom is -0.398 e. The first-order valence-electron chi connectivity index (χ1n) is 23.7. The Balaban J connectivity index is 0.000000147. The van der Waals surface area contributed by atoms with Gasteiger partial charge in [-0.25, -0.2) is 5.84 Å². The van der Waals surface area contributed by atoms with E-state index in [0.29, 0.717) is 33.3 Å². The fourth-order valence-corrected chi connectivity index (χ4v) is 8.67. The Hall–Kier alpha value is -6.84. The molecule has 7 N–H and O–H groups in total. The van der Waals surface area contributed by atoms with Gasteiger partial charge in [0, 0.05) is 67.5 Å². The lowest BCUT2D eigenvalue weighted by atomic mass is 9.95. The Morgan fingerprint density at radius 1 is 0.622 bits per heavy atom. The van der Waals surface area contributed by atoms with Gasteiger partial charge in [0.2, 0.25) is 5.91 Å². The molecule has 1 aromatic heterocycles. The Kier molecular flexibility index (Phi) is 17.2. The molecule has 2 spiro atoms. The summed E-state index contributed by atoms with van der Waals surface area (Å²) in [6, 6.07) is 45.8. The number of fused-ring (bicyclic) bond motifs is 5. The molecule has 12 rings (SSSR count). The minimum atomic E-state index is -0.464. The van der Waals surface area contributed by atoms with E-state index in [0.717, 1.165) is 100 Å². The van der Waals surface area contributed by atoms with E-state index >= 15 is 0 Å². The molecule has 3 fully saturated rings. The van der Waals surface area contributed by atoms with Crippen LogP contribution in [0.25, 0.3) is 5.69 Å². The van der Waals surface area contributed by atoms with Crippen LogP contribution >= 0.6 is 47.2 Å². The second-order valence-corrected chi connectivity index (χ2v) is 19.8. The highest BCUT2D eigenvalue weighted by Crippen LogP contribution is 2.51. The summed E-state index contributed by atoms with van der Waals surface area (Å²) in [6.45, 7) is 4.89. The Morgan fingerprint density at radius 3 is 1.59 bits per heavy atom. The van der Waals surface area contributed by atoms with Crippen LogP contribution in [-0.2, 0) is 26.3 Å². The number of ketones is 3. The van der Waals surface area contributed by atoms with Crippen LogP contribution in [0, 0.1) is 6.92 Å². The number of nitrogens with zero attached hydrogens (tertiary/aromatic N) is 5. The number of rotatable bonds is 5. The van der Waals surface area contributed by atoms with E-state index in [4.69, 9.17) is 56.3 Å². The van der Waals surface area contributed by atoms with Gasteiger partial charge in [0.05, 0.1) is 22.6 Å². The number of anilines is 1. The molecule has 0 radical (unpaired) electrons. The van der Waals surface area contributed by atoms with Gasteiger partial charge in [0.25, 0.3) is 0 Å². The van der Waals surface area contributed by atoms with Crippen molar-refractivity contribution in [2.75, 3.05) is 5.73 Å². The zero-order valence-corrected chi connectivity index (χ0v) is 44.0. The number of carbonyl (C=O) groups is 4. The number of halogens is 4. The van der Waals surface area contributed by atoms with Gasteiger partial charge >= 0.3 is 0 Å². The predicted octanol–water partition coefficient (Wildman–Crippen LogP) is 10.5. The van der Waals surface area contributed by atoms with Crippen molar-refractivity contribution in [1.82, 2.24) is 20.2 Å². The SMILES string of the molecule is CC(=O)C1(N)CC1.CC(=O)NN.Cc1nnc2n1-c1ccccc1C(c1ccc(Cl)cc1)=NC21CC1.Cl.Nc1ccccc1C(=O)c1ccc(Cl)cc1.O=C1Cc2ccccc2C(c2ccc(Cl)cc2)=NC12CC2. The maximum atomic E-state index is 12.5. The summed E-state index contributed by atoms with van der Waals surface area (Å²) < 4.78 is 2.16. The second-order valence-electron chi connectivity index (χ2n) is 18.5. The van der Waals surface area contributed by atoms with Gasteiger partial charge in [-0.1, -0.05) is 114 Å². The van der Waals surface area contributed by atoms with Crippen molar-refractivity contribution < 1.29 is 19.2 Å². The molecule has 13 nitrogen and oxygen atoms in total. The van der Waals surface area contributed by atoms with Crippen molar-refractivity contribution in [3.8, 4) is 5.69 Å². The number of carbonyl (C=O) groups excluding carboxylic acids is 4. The van der Waals surface area contributed by atoms with Crippen LogP contribution in [-0.4, -0.2) is 60.5 Å². The number of hydrogen-bond acceptors (Lipinski definition) is 11. The molecule has 17 heteroatoms. The van der Waals surface area contributed by atoms with E-state index in [1.165, 1.54) is 6.92 Å². The number of nitrogen functional groups attached to an aromatic ring is 1. The summed E-state index contributed by atoms with van der Waals surface area (Å²) in [5.74, 6) is 6.50. The highest BCUT2D eigenvalue weighted by molar-refractivity contribution is 6.31. The number of hydrazine groups is 1. The maximum Gasteiger partial charge on any atom is 0.230 e. The van der Waals surface area contributed by atoms with Crippen molar-refractivity contribution in [2.24, 2.45) is 21.6 Å². The van der Waals surface area contributed by atoms with Crippen LogP contribution < -0.4 is 22.7 Å². The van der Waals surface area contributed by atoms with E-state index in [1.54, 1.807) is 55.5 Å². The van der Waals surface area contributed by atoms with Gasteiger partial charge in [0.15, 0.2) is 17.4 Å². The first-order valence-corrected chi connectivity index (χ1v) is 24.9. The number of Topliss-reactive ketones (excluding diaryl/α,β-unsaturated/α-hetero) is 2. The molecule has 0 saturated heterocycles. The number of nitrogens with two attached hydrogens (primary N) is 3. The normalized spacial score (nSPS) is 15.8. The first kappa shape index (κ1) is 54.9. The summed E-state index contributed by atoms with van der Waals surface area (Å²) in [7, 11) is 0. The van der Waals surface area contributed by atoms with Gasteiger partial charge < -0.3 is 11.5 Å². The molecule has 3 heterocycles. The molecule has 2 aliphatic heterocycles. The zero-order chi connectivity index (χ0) is 52.1. The summed E-state index contributed by atoms with van der Waals surface area (Å²) in [5.41, 5.74) is 21.9. The third kappa shape index (κ3) is 12.6. The lowest BCUT2D eigenvalue weighted by molar-refractivity contribution is -0.120. The van der Waals surface area contributed by atoms with Crippen LogP contribution in [0.15, 0.2) is 156 Å². The van der Waals surface area contributed by atoms with Crippen LogP contribution in [0.1, 0.15) is 108 Å². The number of para-hydroxylation sites is 2. The van der Waals surface area contributed by atoms with Crippen molar-refractivity contribution in [2.45, 2.75) is 82.3 Å². The molecule has 380 valence electrons.